The highest BCUT2D eigenvalue weighted by molar-refractivity contribution is 5.95. The summed E-state index contributed by atoms with van der Waals surface area (Å²) in [5.41, 5.74) is -1.43. The largest absolute Gasteiger partial charge is 0.434 e. The first-order chi connectivity index (χ1) is 15.5. The van der Waals surface area contributed by atoms with Crippen LogP contribution in [0.3, 0.4) is 0 Å². The van der Waals surface area contributed by atoms with E-state index in [9.17, 15) is 26.7 Å². The molecular weight excluding hydrogens is 447 g/mol. The van der Waals surface area contributed by atoms with Gasteiger partial charge in [0.2, 0.25) is 0 Å². The van der Waals surface area contributed by atoms with Crippen molar-refractivity contribution in [2.24, 2.45) is 7.05 Å². The van der Waals surface area contributed by atoms with E-state index in [2.05, 4.69) is 15.4 Å². The van der Waals surface area contributed by atoms with E-state index in [4.69, 9.17) is 0 Å². The van der Waals surface area contributed by atoms with E-state index < -0.39 is 29.9 Å². The molecule has 0 atom stereocenters. The molecule has 3 heterocycles. The molecule has 1 fully saturated rings. The van der Waals surface area contributed by atoms with Crippen LogP contribution in [0.25, 0.3) is 5.65 Å². The van der Waals surface area contributed by atoms with Gasteiger partial charge in [-0.25, -0.2) is 13.8 Å². The molecular formula is C21H23F5N6O. The Hall–Kier alpha value is -3.18. The number of aromatic nitrogens is 4. The maximum atomic E-state index is 13.1. The fourth-order valence-electron chi connectivity index (χ4n) is 4.32. The van der Waals surface area contributed by atoms with E-state index >= 15 is 0 Å². The third kappa shape index (κ3) is 4.64. The Balaban J connectivity index is 1.42. The second-order valence-corrected chi connectivity index (χ2v) is 8.23. The molecule has 1 amide bonds. The fourth-order valence-corrected chi connectivity index (χ4v) is 4.32. The molecule has 0 bridgehead atoms. The van der Waals surface area contributed by atoms with Crippen molar-refractivity contribution in [2.75, 3.05) is 11.9 Å². The van der Waals surface area contributed by atoms with Crippen molar-refractivity contribution in [1.82, 2.24) is 24.5 Å². The number of carbonyl (C=O) groups excluding carboxylic acids is 1. The summed E-state index contributed by atoms with van der Waals surface area (Å²) in [5.74, 6) is -0.00186. The van der Waals surface area contributed by atoms with Crippen molar-refractivity contribution >= 4 is 17.4 Å². The molecule has 4 rings (SSSR count). The molecule has 178 valence electrons. The van der Waals surface area contributed by atoms with Crippen molar-refractivity contribution < 1.29 is 26.7 Å². The van der Waals surface area contributed by atoms with Gasteiger partial charge in [-0.3, -0.25) is 13.9 Å². The average molecular weight is 470 g/mol. The second-order valence-electron chi connectivity index (χ2n) is 8.23. The van der Waals surface area contributed by atoms with E-state index in [-0.39, 0.29) is 23.3 Å². The van der Waals surface area contributed by atoms with Crippen LogP contribution < -0.4 is 10.2 Å². The van der Waals surface area contributed by atoms with Gasteiger partial charge in [0.15, 0.2) is 5.69 Å². The van der Waals surface area contributed by atoms with Gasteiger partial charge in [-0.05, 0) is 37.8 Å². The van der Waals surface area contributed by atoms with Crippen molar-refractivity contribution in [3.63, 3.8) is 0 Å². The van der Waals surface area contributed by atoms with Gasteiger partial charge in [0, 0.05) is 38.6 Å². The van der Waals surface area contributed by atoms with Crippen LogP contribution in [0.5, 0.6) is 0 Å². The zero-order chi connectivity index (χ0) is 23.9. The Morgan fingerprint density at radius 1 is 1.18 bits per heavy atom. The lowest BCUT2D eigenvalue weighted by Crippen LogP contribution is -2.43. The molecule has 12 heteroatoms. The predicted molar refractivity (Wildman–Crippen MR) is 110 cm³/mol. The molecule has 3 aromatic heterocycles. The second kappa shape index (κ2) is 8.64. The Morgan fingerprint density at radius 3 is 2.52 bits per heavy atom. The lowest BCUT2D eigenvalue weighted by Gasteiger charge is -2.36. The molecule has 1 aliphatic rings. The van der Waals surface area contributed by atoms with Gasteiger partial charge >= 0.3 is 6.18 Å². The van der Waals surface area contributed by atoms with Gasteiger partial charge in [0.05, 0.1) is 5.56 Å². The maximum Gasteiger partial charge on any atom is 0.434 e. The van der Waals surface area contributed by atoms with Crippen LogP contribution in [0.4, 0.5) is 27.8 Å². The van der Waals surface area contributed by atoms with Crippen LogP contribution in [-0.4, -0.2) is 44.2 Å². The molecule has 0 aromatic carbocycles. The average Bonchev–Trinajstić information content (AvgIpc) is 3.37. The lowest BCUT2D eigenvalue weighted by molar-refractivity contribution is -0.140. The molecule has 0 aliphatic heterocycles. The molecule has 3 aromatic rings. The third-order valence-electron chi connectivity index (χ3n) is 6.01. The first-order valence-electron chi connectivity index (χ1n) is 10.4. The number of nitrogens with zero attached hydrogens (tertiary/aromatic N) is 5. The predicted octanol–water partition coefficient (Wildman–Crippen LogP) is 4.20. The number of carbonyl (C=O) groups is 1. The topological polar surface area (TPSA) is 67.5 Å². The third-order valence-corrected chi connectivity index (χ3v) is 6.01. The molecule has 7 nitrogen and oxygen atoms in total. The Kier molecular flexibility index (Phi) is 6.02. The van der Waals surface area contributed by atoms with Gasteiger partial charge in [0.25, 0.3) is 12.3 Å². The number of hydrogen-bond acceptors (Lipinski definition) is 4. The summed E-state index contributed by atoms with van der Waals surface area (Å²) in [4.78, 5) is 18.1. The number of nitrogens with one attached hydrogen (secondary N) is 1. The zero-order valence-electron chi connectivity index (χ0n) is 18.0. The van der Waals surface area contributed by atoms with E-state index in [1.807, 2.05) is 11.9 Å². The quantitative estimate of drug-likeness (QED) is 0.568. The van der Waals surface area contributed by atoms with Gasteiger partial charge < -0.3 is 10.2 Å². The number of halogens is 5. The minimum Gasteiger partial charge on any atom is -0.358 e. The molecule has 1 aliphatic carbocycles. The summed E-state index contributed by atoms with van der Waals surface area (Å²) in [6.45, 7) is 0. The summed E-state index contributed by atoms with van der Waals surface area (Å²) in [6, 6.07) is 4.76. The summed E-state index contributed by atoms with van der Waals surface area (Å²) < 4.78 is 68.1. The van der Waals surface area contributed by atoms with Gasteiger partial charge in [-0.2, -0.15) is 18.3 Å². The first kappa shape index (κ1) is 23.0. The van der Waals surface area contributed by atoms with Crippen LogP contribution in [0.15, 0.2) is 30.6 Å². The van der Waals surface area contributed by atoms with E-state index in [1.54, 1.807) is 12.1 Å². The first-order valence-corrected chi connectivity index (χ1v) is 10.4. The molecule has 33 heavy (non-hydrogen) atoms. The molecule has 0 unspecified atom stereocenters. The normalized spacial score (nSPS) is 19.3. The van der Waals surface area contributed by atoms with Gasteiger partial charge in [-0.1, -0.05) is 6.07 Å². The number of hydrogen-bond donors (Lipinski definition) is 1. The van der Waals surface area contributed by atoms with Crippen molar-refractivity contribution in [1.29, 1.82) is 0 Å². The molecule has 1 saturated carbocycles. The number of pyridine rings is 1. The smallest absolute Gasteiger partial charge is 0.358 e. The summed E-state index contributed by atoms with van der Waals surface area (Å²) in [6.07, 6.45) is -2.55. The highest BCUT2D eigenvalue weighted by Gasteiger charge is 2.35. The fraction of sp³-hybridized carbons (Fsp3) is 0.476. The van der Waals surface area contributed by atoms with Crippen LogP contribution in [0.2, 0.25) is 0 Å². The lowest BCUT2D eigenvalue weighted by atomic mass is 9.90. The minimum atomic E-state index is -4.53. The highest BCUT2D eigenvalue weighted by atomic mass is 19.4. The number of anilines is 1. The number of aryl methyl sites for hydroxylation is 1. The van der Waals surface area contributed by atoms with Gasteiger partial charge in [-0.15, -0.1) is 0 Å². The van der Waals surface area contributed by atoms with Crippen LogP contribution in [0, 0.1) is 0 Å². The molecule has 0 saturated heterocycles. The van der Waals surface area contributed by atoms with Crippen molar-refractivity contribution in [3.05, 3.63) is 47.5 Å². The number of rotatable bonds is 5. The molecule has 1 N–H and O–H groups in total. The van der Waals surface area contributed by atoms with E-state index in [0.717, 1.165) is 6.20 Å². The Labute approximate surface area is 186 Å². The van der Waals surface area contributed by atoms with Crippen LogP contribution in [-0.2, 0) is 13.2 Å². The Bertz CT molecular complexity index is 1150. The van der Waals surface area contributed by atoms with Crippen molar-refractivity contribution in [3.8, 4) is 0 Å². The highest BCUT2D eigenvalue weighted by Crippen LogP contribution is 2.32. The van der Waals surface area contributed by atoms with Gasteiger partial charge in [0.1, 0.15) is 17.2 Å². The van der Waals surface area contributed by atoms with Crippen molar-refractivity contribution in [2.45, 2.75) is 50.4 Å². The number of amides is 1. The molecule has 0 spiro atoms. The SMILES string of the molecule is Cn1cc(C(=O)N[C@H]2CC[C@@H](N(C)c3cccc4nc(C(F)(F)F)cn34)CC2)c(C(F)F)n1. The summed E-state index contributed by atoms with van der Waals surface area (Å²) >= 11 is 0. The maximum absolute atomic E-state index is 13.1. The zero-order valence-corrected chi connectivity index (χ0v) is 18.0. The summed E-state index contributed by atoms with van der Waals surface area (Å²) in [5, 5.41) is 6.46. The van der Waals surface area contributed by atoms with Crippen LogP contribution >= 0.6 is 0 Å². The number of alkyl halides is 5. The Morgan fingerprint density at radius 2 is 1.88 bits per heavy atom. The summed E-state index contributed by atoms with van der Waals surface area (Å²) in [7, 11) is 3.29. The molecule has 0 radical (unpaired) electrons. The van der Waals surface area contributed by atoms with E-state index in [1.165, 1.54) is 28.4 Å². The standard InChI is InChI=1S/C21H23F5N6O/c1-30-10-14(18(29-30)19(22)23)20(33)27-12-6-8-13(9-7-12)31(2)17-5-3-4-16-28-15(11-32(16)17)21(24,25)26/h3-5,10-13,19H,6-9H2,1-2H3,(H,27,33)/t12-,13+. The van der Waals surface area contributed by atoms with Crippen LogP contribution in [0.1, 0.15) is 53.9 Å². The number of fused-ring (bicyclic) bond motifs is 1. The monoisotopic (exact) mass is 470 g/mol. The van der Waals surface area contributed by atoms with E-state index in [0.29, 0.717) is 31.5 Å². The minimum absolute atomic E-state index is 0.0375. The number of imidazole rings is 1.